The number of carbonyl (C=O) groups excluding carboxylic acids is 2. The van der Waals surface area contributed by atoms with Gasteiger partial charge in [0.05, 0.1) is 0 Å². The van der Waals surface area contributed by atoms with Gasteiger partial charge in [-0.15, -0.1) is 0 Å². The molecule has 0 saturated carbocycles. The standard InChI is InChI=1S/C26H32N4O3/c1-16-7-8-17(2)19(13-16)14-18(3)24(31)27-20-9-11-21(12-10-20)28-25(32)29-23-15-22(33-30-23)26(4,5)6/h7-15,17,19H,1-6H3,(H,27,31)(H2,28,29,30,32)/b18-14+. The van der Waals surface area contributed by atoms with E-state index in [2.05, 4.69) is 53.2 Å². The summed E-state index contributed by atoms with van der Waals surface area (Å²) in [6.07, 6.45) is 8.45. The Balaban J connectivity index is 1.55. The molecule has 2 atom stereocenters. The molecule has 7 heteroatoms. The molecule has 2 unspecified atom stereocenters. The number of aromatic nitrogens is 1. The summed E-state index contributed by atoms with van der Waals surface area (Å²) >= 11 is 0. The Bertz CT molecular complexity index is 1100. The second-order valence-corrected chi connectivity index (χ2v) is 9.49. The van der Waals surface area contributed by atoms with Crippen molar-refractivity contribution in [3.63, 3.8) is 0 Å². The van der Waals surface area contributed by atoms with E-state index in [1.165, 1.54) is 5.57 Å². The molecule has 33 heavy (non-hydrogen) atoms. The smallest absolute Gasteiger partial charge is 0.324 e. The first-order valence-electron chi connectivity index (χ1n) is 11.0. The zero-order chi connectivity index (χ0) is 24.2. The molecule has 0 fully saturated rings. The molecular weight excluding hydrogens is 416 g/mol. The van der Waals surface area contributed by atoms with Crippen molar-refractivity contribution in [2.45, 2.75) is 47.0 Å². The van der Waals surface area contributed by atoms with Crippen molar-refractivity contribution in [2.75, 3.05) is 16.0 Å². The van der Waals surface area contributed by atoms with E-state index in [0.29, 0.717) is 34.4 Å². The van der Waals surface area contributed by atoms with Gasteiger partial charge in [0.2, 0.25) is 0 Å². The van der Waals surface area contributed by atoms with Crippen LogP contribution in [-0.2, 0) is 10.2 Å². The van der Waals surface area contributed by atoms with Crippen LogP contribution in [0.25, 0.3) is 0 Å². The van der Waals surface area contributed by atoms with Gasteiger partial charge in [0.1, 0.15) is 5.76 Å². The third-order valence-corrected chi connectivity index (χ3v) is 5.42. The van der Waals surface area contributed by atoms with Gasteiger partial charge in [0, 0.05) is 34.3 Å². The minimum atomic E-state index is -0.432. The van der Waals surface area contributed by atoms with Crippen LogP contribution < -0.4 is 16.0 Å². The Morgan fingerprint density at radius 1 is 1.06 bits per heavy atom. The van der Waals surface area contributed by atoms with E-state index in [1.807, 2.05) is 33.8 Å². The molecule has 2 aromatic rings. The fourth-order valence-corrected chi connectivity index (χ4v) is 3.34. The Labute approximate surface area is 195 Å². The van der Waals surface area contributed by atoms with Crippen LogP contribution in [0.4, 0.5) is 22.0 Å². The Kier molecular flexibility index (Phi) is 7.21. The lowest BCUT2D eigenvalue weighted by Crippen LogP contribution is -2.19. The van der Waals surface area contributed by atoms with Crippen molar-refractivity contribution in [3.8, 4) is 0 Å². The summed E-state index contributed by atoms with van der Waals surface area (Å²) in [6.45, 7) is 12.0. The van der Waals surface area contributed by atoms with E-state index >= 15 is 0 Å². The molecule has 0 bridgehead atoms. The van der Waals surface area contributed by atoms with Crippen molar-refractivity contribution in [1.29, 1.82) is 0 Å². The van der Waals surface area contributed by atoms with Crippen molar-refractivity contribution in [3.05, 3.63) is 71.5 Å². The first-order chi connectivity index (χ1) is 15.5. The van der Waals surface area contributed by atoms with Gasteiger partial charge < -0.3 is 15.2 Å². The van der Waals surface area contributed by atoms with Crippen LogP contribution in [0.5, 0.6) is 0 Å². The molecule has 0 radical (unpaired) electrons. The lowest BCUT2D eigenvalue weighted by molar-refractivity contribution is -0.112. The van der Waals surface area contributed by atoms with Crippen molar-refractivity contribution < 1.29 is 14.1 Å². The first-order valence-corrected chi connectivity index (χ1v) is 11.0. The fourth-order valence-electron chi connectivity index (χ4n) is 3.34. The molecule has 1 aliphatic carbocycles. The average Bonchev–Trinajstić information content (AvgIpc) is 3.21. The highest BCUT2D eigenvalue weighted by Crippen LogP contribution is 2.26. The summed E-state index contributed by atoms with van der Waals surface area (Å²) < 4.78 is 5.27. The Hall–Kier alpha value is -3.61. The minimum Gasteiger partial charge on any atom is -0.359 e. The zero-order valence-corrected chi connectivity index (χ0v) is 20.0. The van der Waals surface area contributed by atoms with Gasteiger partial charge in [-0.1, -0.05) is 62.7 Å². The van der Waals surface area contributed by atoms with Gasteiger partial charge in [-0.05, 0) is 44.0 Å². The van der Waals surface area contributed by atoms with E-state index in [1.54, 1.807) is 30.3 Å². The maximum atomic E-state index is 12.6. The zero-order valence-electron chi connectivity index (χ0n) is 20.0. The summed E-state index contributed by atoms with van der Waals surface area (Å²) in [5.74, 6) is 1.43. The molecule has 1 aliphatic rings. The second kappa shape index (κ2) is 9.90. The molecule has 3 N–H and O–H groups in total. The molecule has 3 amide bonds. The van der Waals surface area contributed by atoms with E-state index in [-0.39, 0.29) is 17.2 Å². The third-order valence-electron chi connectivity index (χ3n) is 5.42. The maximum Gasteiger partial charge on any atom is 0.324 e. The van der Waals surface area contributed by atoms with Crippen LogP contribution in [0.1, 0.15) is 47.3 Å². The number of rotatable bonds is 5. The molecule has 3 rings (SSSR count). The Morgan fingerprint density at radius 3 is 2.30 bits per heavy atom. The summed E-state index contributed by atoms with van der Waals surface area (Å²) in [7, 11) is 0. The van der Waals surface area contributed by atoms with Crippen LogP contribution in [0.3, 0.4) is 0 Å². The lowest BCUT2D eigenvalue weighted by atomic mass is 9.86. The predicted octanol–water partition coefficient (Wildman–Crippen LogP) is 6.27. The van der Waals surface area contributed by atoms with Crippen LogP contribution in [0.15, 0.2) is 70.3 Å². The number of nitrogens with zero attached hydrogens (tertiary/aromatic N) is 1. The van der Waals surface area contributed by atoms with Gasteiger partial charge in [0.15, 0.2) is 5.82 Å². The van der Waals surface area contributed by atoms with E-state index < -0.39 is 6.03 Å². The fraction of sp³-hybridized carbons (Fsp3) is 0.346. The van der Waals surface area contributed by atoms with Crippen LogP contribution in [-0.4, -0.2) is 17.1 Å². The van der Waals surface area contributed by atoms with Gasteiger partial charge in [0.25, 0.3) is 5.91 Å². The highest BCUT2D eigenvalue weighted by atomic mass is 16.5. The molecule has 1 heterocycles. The van der Waals surface area contributed by atoms with Crippen LogP contribution in [0.2, 0.25) is 0 Å². The SMILES string of the molecule is CC1=CC(/C=C(\C)C(=O)Nc2ccc(NC(=O)Nc3cc(C(C)(C)C)on3)cc2)C(C)C=C1. The quantitative estimate of drug-likeness (QED) is 0.470. The summed E-state index contributed by atoms with van der Waals surface area (Å²) in [4.78, 5) is 24.8. The summed E-state index contributed by atoms with van der Waals surface area (Å²) in [5.41, 5.74) is 2.90. The van der Waals surface area contributed by atoms with E-state index in [9.17, 15) is 9.59 Å². The minimum absolute atomic E-state index is 0.151. The monoisotopic (exact) mass is 448 g/mol. The third kappa shape index (κ3) is 6.68. The van der Waals surface area contributed by atoms with Crippen LogP contribution >= 0.6 is 0 Å². The number of hydrogen-bond acceptors (Lipinski definition) is 4. The largest absolute Gasteiger partial charge is 0.359 e. The molecule has 0 spiro atoms. The molecule has 174 valence electrons. The molecular formula is C26H32N4O3. The highest BCUT2D eigenvalue weighted by Gasteiger charge is 2.20. The second-order valence-electron chi connectivity index (χ2n) is 9.49. The number of amides is 3. The van der Waals surface area contributed by atoms with E-state index in [4.69, 9.17) is 4.52 Å². The van der Waals surface area contributed by atoms with E-state index in [0.717, 1.165) is 0 Å². The number of allylic oxidation sites excluding steroid dienone is 5. The number of carbonyl (C=O) groups is 2. The lowest BCUT2D eigenvalue weighted by Gasteiger charge is -2.19. The number of urea groups is 1. The van der Waals surface area contributed by atoms with Gasteiger partial charge in [-0.25, -0.2) is 4.79 Å². The summed E-state index contributed by atoms with van der Waals surface area (Å²) in [5, 5.41) is 12.2. The van der Waals surface area contributed by atoms with Crippen LogP contribution in [0, 0.1) is 11.8 Å². The molecule has 0 saturated heterocycles. The summed E-state index contributed by atoms with van der Waals surface area (Å²) in [6, 6.07) is 8.19. The Morgan fingerprint density at radius 2 is 1.70 bits per heavy atom. The molecule has 0 aliphatic heterocycles. The number of anilines is 3. The molecule has 7 nitrogen and oxygen atoms in total. The maximum absolute atomic E-state index is 12.6. The topological polar surface area (TPSA) is 96.3 Å². The number of nitrogens with one attached hydrogen (secondary N) is 3. The molecule has 1 aromatic carbocycles. The van der Waals surface area contributed by atoms with Gasteiger partial charge in [-0.3, -0.25) is 10.1 Å². The normalized spacial score (nSPS) is 18.5. The average molecular weight is 449 g/mol. The number of benzene rings is 1. The predicted molar refractivity (Wildman–Crippen MR) is 132 cm³/mol. The molecule has 1 aromatic heterocycles. The first kappa shape index (κ1) is 24.0. The number of hydrogen-bond donors (Lipinski definition) is 3. The highest BCUT2D eigenvalue weighted by molar-refractivity contribution is 6.03. The van der Waals surface area contributed by atoms with Crippen molar-refractivity contribution in [1.82, 2.24) is 5.16 Å². The van der Waals surface area contributed by atoms with Gasteiger partial charge >= 0.3 is 6.03 Å². The van der Waals surface area contributed by atoms with Crippen molar-refractivity contribution in [2.24, 2.45) is 11.8 Å². The van der Waals surface area contributed by atoms with Gasteiger partial charge in [-0.2, -0.15) is 0 Å². The van der Waals surface area contributed by atoms with Crippen molar-refractivity contribution >= 4 is 29.1 Å².